The number of urea groups is 2. The van der Waals surface area contributed by atoms with E-state index in [9.17, 15) is 19.5 Å². The highest BCUT2D eigenvalue weighted by molar-refractivity contribution is 5.88. The third-order valence-corrected chi connectivity index (χ3v) is 8.47. The number of terminal acetylenes is 1. The summed E-state index contributed by atoms with van der Waals surface area (Å²) in [5, 5.41) is 29.7. The summed E-state index contributed by atoms with van der Waals surface area (Å²) < 4.78 is 0. The van der Waals surface area contributed by atoms with Gasteiger partial charge in [-0.05, 0) is 67.7 Å². The molecule has 2 aromatic rings. The zero-order chi connectivity index (χ0) is 37.1. The van der Waals surface area contributed by atoms with Crippen molar-refractivity contribution in [2.45, 2.75) is 90.6 Å². The van der Waals surface area contributed by atoms with Gasteiger partial charge in [-0.25, -0.2) is 9.59 Å². The molecule has 1 heterocycles. The van der Waals surface area contributed by atoms with Crippen molar-refractivity contribution in [2.75, 3.05) is 25.5 Å². The topological polar surface area (TPSA) is 169 Å². The SMILES string of the molecule is C#C.C=CC1CC1NC[C@@H]1CCCN1C(=O)NC(C(=O)NC(C)C(O)Cc1ccccc1C)C(C)(C)C.CO.NC(=O)Nc1ccccc1. The summed E-state index contributed by atoms with van der Waals surface area (Å²) in [6.07, 6.45) is 12.7. The van der Waals surface area contributed by atoms with E-state index in [2.05, 4.69) is 40.7 Å². The molecule has 0 radical (unpaired) electrons. The maximum absolute atomic E-state index is 13.3. The van der Waals surface area contributed by atoms with Crippen molar-refractivity contribution in [2.24, 2.45) is 17.1 Å². The van der Waals surface area contributed by atoms with Gasteiger partial charge in [0.25, 0.3) is 0 Å². The van der Waals surface area contributed by atoms with Gasteiger partial charge >= 0.3 is 12.1 Å². The summed E-state index contributed by atoms with van der Waals surface area (Å²) in [5.74, 6) is 0.263. The van der Waals surface area contributed by atoms with Crippen LogP contribution in [-0.4, -0.2) is 83.6 Å². The van der Waals surface area contributed by atoms with E-state index in [1.807, 2.05) is 81.1 Å². The van der Waals surface area contributed by atoms with E-state index in [1.165, 1.54) is 0 Å². The number of hydrogen-bond acceptors (Lipinski definition) is 6. The van der Waals surface area contributed by atoms with Crippen LogP contribution in [0.3, 0.4) is 0 Å². The Morgan fingerprint density at radius 3 is 2.22 bits per heavy atom. The van der Waals surface area contributed by atoms with Crippen LogP contribution in [0.5, 0.6) is 0 Å². The van der Waals surface area contributed by atoms with Gasteiger partial charge < -0.3 is 42.1 Å². The first-order valence-corrected chi connectivity index (χ1v) is 16.7. The fourth-order valence-corrected chi connectivity index (χ4v) is 5.50. The predicted octanol–water partition coefficient (Wildman–Crippen LogP) is 4.19. The normalized spacial score (nSPS) is 19.4. The van der Waals surface area contributed by atoms with E-state index in [0.717, 1.165) is 49.7 Å². The van der Waals surface area contributed by atoms with E-state index in [0.29, 0.717) is 24.9 Å². The van der Waals surface area contributed by atoms with Gasteiger partial charge in [0.2, 0.25) is 5.91 Å². The van der Waals surface area contributed by atoms with Gasteiger partial charge in [0.15, 0.2) is 0 Å². The van der Waals surface area contributed by atoms with Crippen LogP contribution >= 0.6 is 0 Å². The average molecular weight is 679 g/mol. The first kappa shape index (κ1) is 42.7. The van der Waals surface area contributed by atoms with Crippen molar-refractivity contribution in [3.8, 4) is 12.8 Å². The molecule has 4 rings (SSSR count). The Bertz CT molecular complexity index is 1330. The Balaban J connectivity index is 0.000000721. The summed E-state index contributed by atoms with van der Waals surface area (Å²) >= 11 is 0. The smallest absolute Gasteiger partial charge is 0.318 e. The van der Waals surface area contributed by atoms with Crippen LogP contribution in [0.4, 0.5) is 15.3 Å². The number of aryl methyl sites for hydroxylation is 1. The second-order valence-corrected chi connectivity index (χ2v) is 13.2. The second kappa shape index (κ2) is 21.6. The number of primary amides is 1. The molecule has 2 aliphatic rings. The number of carbonyl (C=O) groups is 3. The van der Waals surface area contributed by atoms with E-state index in [4.69, 9.17) is 10.8 Å². The summed E-state index contributed by atoms with van der Waals surface area (Å²) in [5.41, 5.74) is 7.27. The molecule has 2 fully saturated rings. The van der Waals surface area contributed by atoms with E-state index >= 15 is 0 Å². The lowest BCUT2D eigenvalue weighted by Gasteiger charge is -2.34. The Morgan fingerprint density at radius 2 is 1.67 bits per heavy atom. The number of anilines is 1. The first-order chi connectivity index (χ1) is 23.3. The quantitative estimate of drug-likeness (QED) is 0.139. The minimum absolute atomic E-state index is 0.125. The molecule has 11 heteroatoms. The number of aliphatic hydroxyl groups is 2. The largest absolute Gasteiger partial charge is 0.400 e. The Kier molecular flexibility index (Phi) is 18.8. The Labute approximate surface area is 293 Å². The van der Waals surface area contributed by atoms with Crippen molar-refractivity contribution in [1.29, 1.82) is 0 Å². The third kappa shape index (κ3) is 14.7. The van der Waals surface area contributed by atoms with Crippen molar-refractivity contribution >= 4 is 23.7 Å². The lowest BCUT2D eigenvalue weighted by Crippen LogP contribution is -2.59. The number of nitrogens with two attached hydrogens (primary N) is 1. The molecule has 1 aliphatic heterocycles. The van der Waals surface area contributed by atoms with Gasteiger partial charge in [-0.2, -0.15) is 0 Å². The molecule has 5 unspecified atom stereocenters. The average Bonchev–Trinajstić information content (AvgIpc) is 3.68. The monoisotopic (exact) mass is 678 g/mol. The molecule has 0 aromatic heterocycles. The number of hydrogen-bond donors (Lipinski definition) is 7. The molecular formula is C38H58N6O5. The molecule has 6 atom stereocenters. The minimum Gasteiger partial charge on any atom is -0.400 e. The Morgan fingerprint density at radius 1 is 1.06 bits per heavy atom. The van der Waals surface area contributed by atoms with Crippen LogP contribution in [-0.2, 0) is 11.2 Å². The minimum atomic E-state index is -0.729. The Hall–Kier alpha value is -4.37. The van der Waals surface area contributed by atoms with E-state index in [-0.39, 0.29) is 18.0 Å². The van der Waals surface area contributed by atoms with Gasteiger partial charge in [-0.1, -0.05) is 69.3 Å². The first-order valence-electron chi connectivity index (χ1n) is 16.7. The van der Waals surface area contributed by atoms with Crippen molar-refractivity contribution < 1.29 is 24.6 Å². The highest BCUT2D eigenvalue weighted by Crippen LogP contribution is 2.31. The predicted molar refractivity (Wildman–Crippen MR) is 198 cm³/mol. The molecule has 1 saturated heterocycles. The van der Waals surface area contributed by atoms with Crippen molar-refractivity contribution in [3.63, 3.8) is 0 Å². The number of para-hydroxylation sites is 1. The van der Waals surface area contributed by atoms with E-state index in [1.54, 1.807) is 19.1 Å². The molecule has 11 nitrogen and oxygen atoms in total. The van der Waals surface area contributed by atoms with Crippen LogP contribution in [0.25, 0.3) is 0 Å². The lowest BCUT2D eigenvalue weighted by atomic mass is 9.86. The molecule has 1 saturated carbocycles. The fourth-order valence-electron chi connectivity index (χ4n) is 5.50. The number of carbonyl (C=O) groups excluding carboxylic acids is 3. The molecule has 49 heavy (non-hydrogen) atoms. The van der Waals surface area contributed by atoms with Crippen LogP contribution in [0, 0.1) is 31.1 Å². The fraction of sp³-hybridized carbons (Fsp3) is 0.500. The number of aliphatic hydroxyl groups excluding tert-OH is 2. The molecule has 0 spiro atoms. The number of nitrogens with zero attached hydrogens (tertiary/aromatic N) is 1. The molecule has 0 bridgehead atoms. The zero-order valence-corrected chi connectivity index (χ0v) is 30.0. The van der Waals surface area contributed by atoms with Crippen molar-refractivity contribution in [1.82, 2.24) is 20.9 Å². The summed E-state index contributed by atoms with van der Waals surface area (Å²) in [4.78, 5) is 38.7. The van der Waals surface area contributed by atoms with Gasteiger partial charge in [0, 0.05) is 44.4 Å². The number of rotatable bonds is 11. The van der Waals surface area contributed by atoms with Gasteiger partial charge in [-0.3, -0.25) is 4.79 Å². The van der Waals surface area contributed by atoms with Gasteiger partial charge in [0.1, 0.15) is 6.04 Å². The molecule has 2 aromatic carbocycles. The highest BCUT2D eigenvalue weighted by atomic mass is 16.3. The van der Waals surface area contributed by atoms with Crippen LogP contribution in [0.2, 0.25) is 0 Å². The number of amides is 5. The molecule has 270 valence electrons. The number of nitrogens with one attached hydrogen (secondary N) is 4. The molecular weight excluding hydrogens is 620 g/mol. The molecule has 5 amide bonds. The van der Waals surface area contributed by atoms with Crippen LogP contribution in [0.15, 0.2) is 67.3 Å². The van der Waals surface area contributed by atoms with Crippen molar-refractivity contribution in [3.05, 3.63) is 78.4 Å². The van der Waals surface area contributed by atoms with Gasteiger partial charge in [-0.15, -0.1) is 19.4 Å². The lowest BCUT2D eigenvalue weighted by molar-refractivity contribution is -0.126. The van der Waals surface area contributed by atoms with Gasteiger partial charge in [0.05, 0.1) is 12.1 Å². The molecule has 1 aliphatic carbocycles. The van der Waals surface area contributed by atoms with Crippen LogP contribution < -0.4 is 27.0 Å². The molecule has 8 N–H and O–H groups in total. The maximum atomic E-state index is 13.3. The zero-order valence-electron chi connectivity index (χ0n) is 30.0. The number of likely N-dealkylation sites (tertiary alicyclic amines) is 1. The summed E-state index contributed by atoms with van der Waals surface area (Å²) in [6, 6.07) is 15.7. The second-order valence-electron chi connectivity index (χ2n) is 13.2. The maximum Gasteiger partial charge on any atom is 0.318 e. The van der Waals surface area contributed by atoms with E-state index < -0.39 is 29.6 Å². The highest BCUT2D eigenvalue weighted by Gasteiger charge is 2.39. The summed E-state index contributed by atoms with van der Waals surface area (Å²) in [7, 11) is 1.00. The third-order valence-electron chi connectivity index (χ3n) is 8.47. The summed E-state index contributed by atoms with van der Waals surface area (Å²) in [6.45, 7) is 15.0. The standard InChI is InChI=1S/C28H44N4O3.C7H8N2O.C2H2.CH4O/c1-7-20-15-23(20)29-17-22-13-10-14-32(22)27(35)31-25(28(4,5)6)26(34)30-19(3)24(33)16-21-12-9-8-11-18(21)2;8-7(10)9-6-4-2-1-3-5-6;2*1-2/h7-9,11-12,19-20,22-25,29,33H,1,10,13-17H2,2-6H3,(H,30,34)(H,31,35);1-5H,(H3,8,9,10);1-2H;2H,1H3/t19?,20?,22-,23?,24?,25?;;;/m0.../s1. The number of benzene rings is 2. The van der Waals surface area contributed by atoms with Crippen LogP contribution in [0.1, 0.15) is 58.1 Å².